The smallest absolute Gasteiger partial charge is 0.315 e. The summed E-state index contributed by atoms with van der Waals surface area (Å²) in [5.41, 5.74) is 1.35. The molecule has 3 rings (SSSR count). The Morgan fingerprint density at radius 2 is 2.00 bits per heavy atom. The molecule has 24 heavy (non-hydrogen) atoms. The number of rotatable bonds is 4. The number of urea groups is 1. The fraction of sp³-hybridized carbons (Fsp3) is 0.333. The first kappa shape index (κ1) is 16.1. The van der Waals surface area contributed by atoms with E-state index in [-0.39, 0.29) is 6.03 Å². The van der Waals surface area contributed by atoms with Crippen molar-refractivity contribution in [1.82, 2.24) is 15.6 Å². The van der Waals surface area contributed by atoms with Gasteiger partial charge in [-0.1, -0.05) is 12.1 Å². The maximum Gasteiger partial charge on any atom is 0.315 e. The van der Waals surface area contributed by atoms with Crippen molar-refractivity contribution in [1.29, 1.82) is 0 Å². The van der Waals surface area contributed by atoms with Gasteiger partial charge >= 0.3 is 6.03 Å². The molecular weight excluding hydrogens is 306 g/mol. The van der Waals surface area contributed by atoms with Crippen molar-refractivity contribution >= 4 is 6.03 Å². The van der Waals surface area contributed by atoms with Crippen LogP contribution in [0.5, 0.6) is 11.5 Å². The van der Waals surface area contributed by atoms with Crippen LogP contribution < -0.4 is 20.1 Å². The van der Waals surface area contributed by atoms with Crippen LogP contribution in [0.2, 0.25) is 0 Å². The number of hydrogen-bond acceptors (Lipinski definition) is 4. The van der Waals surface area contributed by atoms with Gasteiger partial charge in [0.25, 0.3) is 0 Å². The first-order valence-electron chi connectivity index (χ1n) is 7.90. The number of ether oxygens (including phenoxy) is 2. The molecule has 0 atom stereocenters. The van der Waals surface area contributed by atoms with E-state index in [1.165, 1.54) is 0 Å². The minimum Gasteiger partial charge on any atom is -0.486 e. The Kier molecular flexibility index (Phi) is 4.55. The lowest BCUT2D eigenvalue weighted by Crippen LogP contribution is -2.46. The van der Waals surface area contributed by atoms with Crippen LogP contribution in [0, 0.1) is 0 Å². The summed E-state index contributed by atoms with van der Waals surface area (Å²) in [6.07, 6.45) is 3.43. The van der Waals surface area contributed by atoms with Gasteiger partial charge in [-0.25, -0.2) is 4.79 Å². The number of pyridine rings is 1. The molecule has 1 aliphatic heterocycles. The van der Waals surface area contributed by atoms with E-state index in [0.29, 0.717) is 25.5 Å². The van der Waals surface area contributed by atoms with Crippen LogP contribution in [-0.4, -0.2) is 24.2 Å². The second-order valence-electron chi connectivity index (χ2n) is 6.15. The average molecular weight is 327 g/mol. The van der Waals surface area contributed by atoms with Crippen LogP contribution in [0.1, 0.15) is 25.0 Å². The van der Waals surface area contributed by atoms with Crippen LogP contribution in [0.15, 0.2) is 42.7 Å². The third kappa shape index (κ3) is 3.76. The van der Waals surface area contributed by atoms with Crippen LogP contribution in [0.25, 0.3) is 0 Å². The van der Waals surface area contributed by atoms with Gasteiger partial charge in [0.05, 0.1) is 5.54 Å². The maximum absolute atomic E-state index is 12.2. The second-order valence-corrected chi connectivity index (χ2v) is 6.15. The van der Waals surface area contributed by atoms with Crippen LogP contribution >= 0.6 is 0 Å². The Hall–Kier alpha value is -2.76. The van der Waals surface area contributed by atoms with Crippen molar-refractivity contribution in [2.24, 2.45) is 0 Å². The minimum atomic E-state index is -0.547. The molecule has 0 saturated carbocycles. The summed E-state index contributed by atoms with van der Waals surface area (Å²) >= 11 is 0. The molecule has 2 N–H and O–H groups in total. The summed E-state index contributed by atoms with van der Waals surface area (Å²) in [7, 11) is 0. The molecule has 0 aliphatic carbocycles. The van der Waals surface area contributed by atoms with Gasteiger partial charge in [0, 0.05) is 18.9 Å². The number of nitrogens with zero attached hydrogens (tertiary/aromatic N) is 1. The number of benzene rings is 1. The van der Waals surface area contributed by atoms with Crippen LogP contribution in [-0.2, 0) is 12.1 Å². The molecule has 0 unspecified atom stereocenters. The first-order chi connectivity index (χ1) is 11.5. The Bertz CT molecular complexity index is 717. The molecule has 126 valence electrons. The van der Waals surface area contributed by atoms with Gasteiger partial charge in [-0.3, -0.25) is 4.98 Å². The summed E-state index contributed by atoms with van der Waals surface area (Å²) in [5.74, 6) is 1.45. The van der Waals surface area contributed by atoms with Gasteiger partial charge in [-0.2, -0.15) is 0 Å². The number of carbonyl (C=O) groups excluding carboxylic acids is 1. The van der Waals surface area contributed by atoms with Gasteiger partial charge in [-0.15, -0.1) is 0 Å². The Morgan fingerprint density at radius 1 is 1.21 bits per heavy atom. The number of fused-ring (bicyclic) bond motifs is 1. The number of nitrogens with one attached hydrogen (secondary N) is 2. The van der Waals surface area contributed by atoms with Gasteiger partial charge in [0.1, 0.15) is 13.2 Å². The molecule has 2 heterocycles. The summed E-state index contributed by atoms with van der Waals surface area (Å²) in [4.78, 5) is 16.2. The highest BCUT2D eigenvalue weighted by molar-refractivity contribution is 5.75. The van der Waals surface area contributed by atoms with E-state index in [0.717, 1.165) is 16.9 Å². The highest BCUT2D eigenvalue weighted by Crippen LogP contribution is 2.34. The van der Waals surface area contributed by atoms with Crippen LogP contribution in [0.4, 0.5) is 4.79 Å². The van der Waals surface area contributed by atoms with Crippen molar-refractivity contribution < 1.29 is 14.3 Å². The molecule has 0 radical (unpaired) electrons. The first-order valence-corrected chi connectivity index (χ1v) is 7.90. The molecule has 1 aromatic heterocycles. The van der Waals surface area contributed by atoms with E-state index >= 15 is 0 Å². The molecule has 2 aromatic rings. The van der Waals surface area contributed by atoms with Crippen LogP contribution in [0.3, 0.4) is 0 Å². The fourth-order valence-electron chi connectivity index (χ4n) is 2.52. The summed E-state index contributed by atoms with van der Waals surface area (Å²) in [6, 6.07) is 9.25. The number of hydrogen-bond donors (Lipinski definition) is 2. The lowest BCUT2D eigenvalue weighted by molar-refractivity contribution is 0.171. The lowest BCUT2D eigenvalue weighted by Gasteiger charge is -2.28. The molecule has 0 fully saturated rings. The predicted octanol–water partition coefficient (Wildman–Crippen LogP) is 2.59. The van der Waals surface area contributed by atoms with Gasteiger partial charge < -0.3 is 20.1 Å². The monoisotopic (exact) mass is 327 g/mol. The number of amides is 2. The number of aromatic nitrogens is 1. The average Bonchev–Trinajstić information content (AvgIpc) is 2.60. The van der Waals surface area contributed by atoms with Gasteiger partial charge in [-0.05, 0) is 43.2 Å². The molecular formula is C18H21N3O3. The second kappa shape index (κ2) is 6.78. The van der Waals surface area contributed by atoms with Gasteiger partial charge in [0.15, 0.2) is 11.5 Å². The zero-order valence-electron chi connectivity index (χ0n) is 13.8. The summed E-state index contributed by atoms with van der Waals surface area (Å²) in [6.45, 7) is 5.42. The number of carbonyl (C=O) groups is 1. The minimum absolute atomic E-state index is 0.237. The predicted molar refractivity (Wildman–Crippen MR) is 90.1 cm³/mol. The molecule has 1 aliphatic rings. The van der Waals surface area contributed by atoms with E-state index < -0.39 is 5.54 Å². The summed E-state index contributed by atoms with van der Waals surface area (Å²) < 4.78 is 11.1. The quantitative estimate of drug-likeness (QED) is 0.905. The normalized spacial score (nSPS) is 13.2. The summed E-state index contributed by atoms with van der Waals surface area (Å²) in [5, 5.41) is 5.82. The molecule has 0 spiro atoms. The van der Waals surface area contributed by atoms with E-state index in [2.05, 4.69) is 15.6 Å². The molecule has 0 saturated heterocycles. The highest BCUT2D eigenvalue weighted by atomic mass is 16.6. The van der Waals surface area contributed by atoms with Crippen molar-refractivity contribution in [2.45, 2.75) is 25.9 Å². The fourth-order valence-corrected chi connectivity index (χ4v) is 2.52. The van der Waals surface area contributed by atoms with E-state index in [1.54, 1.807) is 12.4 Å². The third-order valence-corrected chi connectivity index (χ3v) is 3.87. The molecule has 6 nitrogen and oxygen atoms in total. The van der Waals surface area contributed by atoms with Crippen molar-refractivity contribution in [3.05, 3.63) is 53.9 Å². The Morgan fingerprint density at radius 3 is 2.75 bits per heavy atom. The molecule has 1 aromatic carbocycles. The highest BCUT2D eigenvalue weighted by Gasteiger charge is 2.25. The van der Waals surface area contributed by atoms with Crippen molar-refractivity contribution in [2.75, 3.05) is 13.2 Å². The van der Waals surface area contributed by atoms with E-state index in [4.69, 9.17) is 9.47 Å². The SMILES string of the molecule is CC(C)(NC(=O)NCc1cccnc1)c1ccc2c(c1)OCCO2. The third-order valence-electron chi connectivity index (χ3n) is 3.87. The Balaban J connectivity index is 1.63. The molecule has 6 heteroatoms. The lowest BCUT2D eigenvalue weighted by atomic mass is 9.94. The van der Waals surface area contributed by atoms with Crippen molar-refractivity contribution in [3.8, 4) is 11.5 Å². The zero-order valence-corrected chi connectivity index (χ0v) is 13.8. The topological polar surface area (TPSA) is 72.5 Å². The van der Waals surface area contributed by atoms with E-state index in [1.807, 2.05) is 44.2 Å². The van der Waals surface area contributed by atoms with Crippen molar-refractivity contribution in [3.63, 3.8) is 0 Å². The zero-order chi connectivity index (χ0) is 17.0. The standard InChI is InChI=1S/C18H21N3O3/c1-18(2,14-5-6-15-16(10-14)24-9-8-23-15)21-17(22)20-12-13-4-3-7-19-11-13/h3-7,10-11H,8-9,12H2,1-2H3,(H2,20,21,22). The maximum atomic E-state index is 12.2. The molecule has 0 bridgehead atoms. The van der Waals surface area contributed by atoms with E-state index in [9.17, 15) is 4.79 Å². The Labute approximate surface area is 141 Å². The molecule has 2 amide bonds. The van der Waals surface area contributed by atoms with Gasteiger partial charge in [0.2, 0.25) is 0 Å². The largest absolute Gasteiger partial charge is 0.486 e.